The number of carboxylic acid groups (broad SMARTS) is 1. The monoisotopic (exact) mass is 316 g/mol. The van der Waals surface area contributed by atoms with Gasteiger partial charge in [0.2, 0.25) is 0 Å². The first kappa shape index (κ1) is 14.8. The molecule has 1 aromatic heterocycles. The Labute approximate surface area is 114 Å². The third-order valence-electron chi connectivity index (χ3n) is 2.62. The van der Waals surface area contributed by atoms with Crippen molar-refractivity contribution in [3.63, 3.8) is 0 Å². The Morgan fingerprint density at radius 1 is 1.50 bits per heavy atom. The molecule has 5 nitrogen and oxygen atoms in total. The number of hydrogen-bond acceptors (Lipinski definition) is 2. The van der Waals surface area contributed by atoms with E-state index in [4.69, 9.17) is 5.11 Å². The van der Waals surface area contributed by atoms with E-state index in [0.717, 1.165) is 4.47 Å². The molecule has 0 radical (unpaired) electrons. The van der Waals surface area contributed by atoms with E-state index in [2.05, 4.69) is 21.2 Å². The molecule has 0 aromatic carbocycles. The lowest BCUT2D eigenvalue weighted by molar-refractivity contribution is -0.139. The zero-order valence-corrected chi connectivity index (χ0v) is 12.0. The summed E-state index contributed by atoms with van der Waals surface area (Å²) in [5.74, 6) is -1.36. The maximum absolute atomic E-state index is 12.0. The summed E-state index contributed by atoms with van der Waals surface area (Å²) in [6.45, 7) is 4.46. The minimum Gasteiger partial charge on any atom is -0.480 e. The molecule has 1 aromatic rings. The van der Waals surface area contributed by atoms with Gasteiger partial charge in [0.05, 0.1) is 0 Å². The van der Waals surface area contributed by atoms with Gasteiger partial charge in [-0.25, -0.2) is 4.79 Å². The fourth-order valence-corrected chi connectivity index (χ4v) is 2.17. The number of carbonyl (C=O) groups excluding carboxylic acids is 1. The van der Waals surface area contributed by atoms with Crippen LogP contribution in [0.3, 0.4) is 0 Å². The van der Waals surface area contributed by atoms with E-state index in [0.29, 0.717) is 25.1 Å². The molecule has 100 valence electrons. The van der Waals surface area contributed by atoms with E-state index in [1.807, 2.05) is 13.8 Å². The molecule has 18 heavy (non-hydrogen) atoms. The molecule has 1 amide bonds. The first-order valence-electron chi connectivity index (χ1n) is 5.88. The summed E-state index contributed by atoms with van der Waals surface area (Å²) in [4.78, 5) is 23.0. The summed E-state index contributed by atoms with van der Waals surface area (Å²) in [5, 5.41) is 11.5. The highest BCUT2D eigenvalue weighted by Crippen LogP contribution is 2.15. The SMILES string of the molecule is CCC[C@H](NC(=O)c1cc(Br)cn1CC)C(=O)O. The molecule has 0 saturated carbocycles. The molecule has 0 aliphatic heterocycles. The Morgan fingerprint density at radius 3 is 2.67 bits per heavy atom. The van der Waals surface area contributed by atoms with Crippen LogP contribution in [0.4, 0.5) is 0 Å². The third-order valence-corrected chi connectivity index (χ3v) is 3.05. The van der Waals surface area contributed by atoms with Crippen LogP contribution in [0.1, 0.15) is 37.2 Å². The number of nitrogens with zero attached hydrogens (tertiary/aromatic N) is 1. The molecule has 0 aliphatic rings. The van der Waals surface area contributed by atoms with Gasteiger partial charge in [-0.1, -0.05) is 13.3 Å². The fourth-order valence-electron chi connectivity index (χ4n) is 1.71. The van der Waals surface area contributed by atoms with Crippen molar-refractivity contribution in [2.75, 3.05) is 0 Å². The predicted molar refractivity (Wildman–Crippen MR) is 71.6 cm³/mol. The number of aryl methyl sites for hydroxylation is 1. The zero-order valence-electron chi connectivity index (χ0n) is 10.4. The van der Waals surface area contributed by atoms with Gasteiger partial charge >= 0.3 is 5.97 Å². The summed E-state index contributed by atoms with van der Waals surface area (Å²) in [6, 6.07) is 0.852. The molecule has 0 fully saturated rings. The Balaban J connectivity index is 2.83. The highest BCUT2D eigenvalue weighted by atomic mass is 79.9. The van der Waals surface area contributed by atoms with Crippen molar-refractivity contribution in [1.29, 1.82) is 0 Å². The minimum atomic E-state index is -1.00. The van der Waals surface area contributed by atoms with E-state index >= 15 is 0 Å². The molecule has 6 heteroatoms. The van der Waals surface area contributed by atoms with Gasteiger partial charge in [0.15, 0.2) is 0 Å². The van der Waals surface area contributed by atoms with Crippen LogP contribution in [0.15, 0.2) is 16.7 Å². The summed E-state index contributed by atoms with van der Waals surface area (Å²) < 4.78 is 2.57. The van der Waals surface area contributed by atoms with Crippen molar-refractivity contribution < 1.29 is 14.7 Å². The van der Waals surface area contributed by atoms with Crippen LogP contribution in [-0.4, -0.2) is 27.6 Å². The summed E-state index contributed by atoms with van der Waals surface area (Å²) in [7, 11) is 0. The van der Waals surface area contributed by atoms with E-state index in [9.17, 15) is 9.59 Å². The van der Waals surface area contributed by atoms with Gasteiger partial charge in [-0.05, 0) is 35.3 Å². The van der Waals surface area contributed by atoms with Gasteiger partial charge in [0, 0.05) is 17.2 Å². The molecule has 1 rings (SSSR count). The lowest BCUT2D eigenvalue weighted by atomic mass is 10.1. The number of carbonyl (C=O) groups is 2. The molecule has 0 unspecified atom stereocenters. The average Bonchev–Trinajstić information content (AvgIpc) is 2.69. The average molecular weight is 317 g/mol. The van der Waals surface area contributed by atoms with Gasteiger partial charge in [0.1, 0.15) is 11.7 Å². The molecular weight excluding hydrogens is 300 g/mol. The number of rotatable bonds is 6. The van der Waals surface area contributed by atoms with E-state index in [-0.39, 0.29) is 5.91 Å². The molecule has 2 N–H and O–H groups in total. The van der Waals surface area contributed by atoms with Gasteiger partial charge in [0.25, 0.3) is 5.91 Å². The smallest absolute Gasteiger partial charge is 0.326 e. The van der Waals surface area contributed by atoms with Crippen LogP contribution in [0.2, 0.25) is 0 Å². The second-order valence-electron chi connectivity index (χ2n) is 3.98. The Hall–Kier alpha value is -1.30. The number of amides is 1. The van der Waals surface area contributed by atoms with Crippen molar-refractivity contribution in [2.24, 2.45) is 0 Å². The summed E-state index contributed by atoms with van der Waals surface area (Å²) in [6.07, 6.45) is 2.93. The standard InChI is InChI=1S/C12H17BrN2O3/c1-3-5-9(12(17)18)14-11(16)10-6-8(13)7-15(10)4-2/h6-7,9H,3-5H2,1-2H3,(H,14,16)(H,17,18)/t9-/m0/s1. The second kappa shape index (κ2) is 6.58. The number of nitrogens with one attached hydrogen (secondary N) is 1. The maximum Gasteiger partial charge on any atom is 0.326 e. The lowest BCUT2D eigenvalue weighted by Gasteiger charge is -2.14. The molecule has 0 aliphatic carbocycles. The van der Waals surface area contributed by atoms with E-state index < -0.39 is 12.0 Å². The largest absolute Gasteiger partial charge is 0.480 e. The van der Waals surface area contributed by atoms with Gasteiger partial charge in [-0.2, -0.15) is 0 Å². The number of aromatic nitrogens is 1. The summed E-state index contributed by atoms with van der Waals surface area (Å²) in [5.41, 5.74) is 0.465. The lowest BCUT2D eigenvalue weighted by Crippen LogP contribution is -2.41. The minimum absolute atomic E-state index is 0.358. The van der Waals surface area contributed by atoms with Crippen molar-refractivity contribution in [1.82, 2.24) is 9.88 Å². The van der Waals surface area contributed by atoms with Gasteiger partial charge < -0.3 is 15.0 Å². The van der Waals surface area contributed by atoms with Crippen molar-refractivity contribution in [3.05, 3.63) is 22.4 Å². The normalized spacial score (nSPS) is 12.2. The zero-order chi connectivity index (χ0) is 13.7. The Morgan fingerprint density at radius 2 is 2.17 bits per heavy atom. The number of carboxylic acids is 1. The van der Waals surface area contributed by atoms with Crippen molar-refractivity contribution >= 4 is 27.8 Å². The van der Waals surface area contributed by atoms with Crippen molar-refractivity contribution in [3.8, 4) is 0 Å². The molecular formula is C12H17BrN2O3. The Bertz CT molecular complexity index is 443. The highest BCUT2D eigenvalue weighted by Gasteiger charge is 2.21. The van der Waals surface area contributed by atoms with Crippen LogP contribution in [-0.2, 0) is 11.3 Å². The van der Waals surface area contributed by atoms with Crippen LogP contribution >= 0.6 is 15.9 Å². The van der Waals surface area contributed by atoms with Crippen LogP contribution < -0.4 is 5.32 Å². The Kier molecular flexibility index (Phi) is 5.40. The maximum atomic E-state index is 12.0. The molecule has 1 atom stereocenters. The third kappa shape index (κ3) is 3.60. The predicted octanol–water partition coefficient (Wildman–Crippen LogP) is 2.25. The van der Waals surface area contributed by atoms with Crippen LogP contribution in [0, 0.1) is 0 Å². The molecule has 0 spiro atoms. The molecule has 0 saturated heterocycles. The molecule has 1 heterocycles. The highest BCUT2D eigenvalue weighted by molar-refractivity contribution is 9.10. The van der Waals surface area contributed by atoms with E-state index in [1.165, 1.54) is 0 Å². The van der Waals surface area contributed by atoms with Gasteiger partial charge in [-0.15, -0.1) is 0 Å². The number of halogens is 1. The first-order chi connectivity index (χ1) is 8.49. The van der Waals surface area contributed by atoms with Gasteiger partial charge in [-0.3, -0.25) is 4.79 Å². The number of hydrogen-bond donors (Lipinski definition) is 2. The topological polar surface area (TPSA) is 71.3 Å². The van der Waals surface area contributed by atoms with Crippen LogP contribution in [0.5, 0.6) is 0 Å². The van der Waals surface area contributed by atoms with E-state index in [1.54, 1.807) is 16.8 Å². The first-order valence-corrected chi connectivity index (χ1v) is 6.68. The second-order valence-corrected chi connectivity index (χ2v) is 4.90. The van der Waals surface area contributed by atoms with Crippen LogP contribution in [0.25, 0.3) is 0 Å². The molecule has 0 bridgehead atoms. The number of aliphatic carboxylic acids is 1. The quantitative estimate of drug-likeness (QED) is 0.845. The van der Waals surface area contributed by atoms with Crippen molar-refractivity contribution in [2.45, 2.75) is 39.3 Å². The fraction of sp³-hybridized carbons (Fsp3) is 0.500. The summed E-state index contributed by atoms with van der Waals surface area (Å²) >= 11 is 3.30.